The minimum absolute atomic E-state index is 0.0348. The Bertz CT molecular complexity index is 850. The molecule has 7 nitrogen and oxygen atoms in total. The van der Waals surface area contributed by atoms with E-state index in [1.54, 1.807) is 0 Å². The van der Waals surface area contributed by atoms with Crippen molar-refractivity contribution in [3.05, 3.63) is 48.0 Å². The van der Waals surface area contributed by atoms with E-state index < -0.39 is 0 Å². The maximum atomic E-state index is 12.7. The number of carbonyl (C=O) groups excluding carboxylic acids is 1. The van der Waals surface area contributed by atoms with Gasteiger partial charge in [0.2, 0.25) is 12.7 Å². The van der Waals surface area contributed by atoms with E-state index in [0.717, 1.165) is 54.7 Å². The Labute approximate surface area is 171 Å². The number of anilines is 2. The van der Waals surface area contributed by atoms with Crippen LogP contribution in [0.5, 0.6) is 11.5 Å². The fraction of sp³-hybridized carbons (Fsp3) is 0.409. The minimum Gasteiger partial charge on any atom is -0.454 e. The van der Waals surface area contributed by atoms with Crippen molar-refractivity contribution in [1.29, 1.82) is 0 Å². The number of hydrogen-bond donors (Lipinski definition) is 1. The fourth-order valence-corrected chi connectivity index (χ4v) is 3.49. The number of amides is 1. The molecule has 154 valence electrons. The lowest BCUT2D eigenvalue weighted by molar-refractivity contribution is -0.120. The van der Waals surface area contributed by atoms with Gasteiger partial charge in [-0.05, 0) is 55.9 Å². The molecule has 1 N–H and O–H groups in total. The zero-order valence-corrected chi connectivity index (χ0v) is 16.9. The van der Waals surface area contributed by atoms with Gasteiger partial charge in [-0.1, -0.05) is 6.07 Å². The van der Waals surface area contributed by atoms with Gasteiger partial charge in [0.1, 0.15) is 0 Å². The Balaban J connectivity index is 1.32. The molecule has 0 aromatic heterocycles. The second kappa shape index (κ2) is 8.71. The van der Waals surface area contributed by atoms with Gasteiger partial charge < -0.3 is 24.4 Å². The van der Waals surface area contributed by atoms with E-state index in [1.807, 2.05) is 61.3 Å². The molecule has 2 aliphatic rings. The zero-order valence-electron chi connectivity index (χ0n) is 16.9. The van der Waals surface area contributed by atoms with Crippen molar-refractivity contribution in [3.63, 3.8) is 0 Å². The third-order valence-electron chi connectivity index (χ3n) is 5.42. The van der Waals surface area contributed by atoms with Crippen LogP contribution in [0.3, 0.4) is 0 Å². The van der Waals surface area contributed by atoms with Gasteiger partial charge in [-0.2, -0.15) is 0 Å². The van der Waals surface area contributed by atoms with Crippen LogP contribution in [0.2, 0.25) is 0 Å². The topological polar surface area (TPSA) is 63.3 Å². The summed E-state index contributed by atoms with van der Waals surface area (Å²) in [5, 5.41) is 3.01. The summed E-state index contributed by atoms with van der Waals surface area (Å²) in [5.41, 5.74) is 3.03. The molecule has 1 amide bonds. The maximum Gasteiger partial charge on any atom is 0.241 e. The summed E-state index contributed by atoms with van der Waals surface area (Å²) in [6.45, 7) is 6.11. The monoisotopic (exact) mass is 397 g/mol. The Morgan fingerprint density at radius 2 is 1.83 bits per heavy atom. The molecule has 0 saturated carbocycles. The van der Waals surface area contributed by atoms with Crippen molar-refractivity contribution < 1.29 is 19.0 Å². The largest absolute Gasteiger partial charge is 0.454 e. The first-order valence-corrected chi connectivity index (χ1v) is 9.92. The third kappa shape index (κ3) is 4.63. The maximum absolute atomic E-state index is 12.7. The Kier molecular flexibility index (Phi) is 5.87. The van der Waals surface area contributed by atoms with Crippen LogP contribution >= 0.6 is 0 Å². The number of fused-ring (bicyclic) bond motifs is 1. The molecule has 1 atom stereocenters. The second-order valence-corrected chi connectivity index (χ2v) is 7.41. The highest BCUT2D eigenvalue weighted by molar-refractivity contribution is 5.94. The SMILES string of the molecule is C[C@@H](C(=O)Nc1ccc(N2CCOCC2)cc1)N(C)Cc1ccc2c(c1)OCO2. The lowest BCUT2D eigenvalue weighted by Crippen LogP contribution is -2.39. The predicted octanol–water partition coefficient (Wildman–Crippen LogP) is 2.71. The molecule has 2 aromatic carbocycles. The Morgan fingerprint density at radius 1 is 1.10 bits per heavy atom. The van der Waals surface area contributed by atoms with Crippen LogP contribution < -0.4 is 19.7 Å². The molecule has 0 spiro atoms. The molecule has 1 fully saturated rings. The van der Waals surface area contributed by atoms with Gasteiger partial charge in [-0.3, -0.25) is 9.69 Å². The number of likely N-dealkylation sites (N-methyl/N-ethyl adjacent to an activating group) is 1. The summed E-state index contributed by atoms with van der Waals surface area (Å²) in [5.74, 6) is 1.49. The first kappa shape index (κ1) is 19.5. The van der Waals surface area contributed by atoms with E-state index in [2.05, 4.69) is 10.2 Å². The second-order valence-electron chi connectivity index (χ2n) is 7.41. The normalized spacial score (nSPS) is 16.7. The summed E-state index contributed by atoms with van der Waals surface area (Å²) in [4.78, 5) is 17.0. The zero-order chi connectivity index (χ0) is 20.2. The quantitative estimate of drug-likeness (QED) is 0.809. The number of morpholine rings is 1. The number of hydrogen-bond acceptors (Lipinski definition) is 6. The van der Waals surface area contributed by atoms with Crippen LogP contribution in [0.1, 0.15) is 12.5 Å². The number of rotatable bonds is 6. The summed E-state index contributed by atoms with van der Waals surface area (Å²) in [6.07, 6.45) is 0. The molecule has 29 heavy (non-hydrogen) atoms. The summed E-state index contributed by atoms with van der Waals surface area (Å²) in [7, 11) is 1.94. The van der Waals surface area contributed by atoms with Crippen LogP contribution in [0.15, 0.2) is 42.5 Å². The van der Waals surface area contributed by atoms with E-state index in [1.165, 1.54) is 0 Å². The van der Waals surface area contributed by atoms with Crippen LogP contribution in [-0.2, 0) is 16.1 Å². The number of ether oxygens (including phenoxy) is 3. The number of carbonyl (C=O) groups is 1. The van der Waals surface area contributed by atoms with Crippen molar-refractivity contribution in [3.8, 4) is 11.5 Å². The van der Waals surface area contributed by atoms with E-state index in [-0.39, 0.29) is 18.7 Å². The van der Waals surface area contributed by atoms with Gasteiger partial charge in [0.25, 0.3) is 0 Å². The molecule has 2 aliphatic heterocycles. The molecule has 0 bridgehead atoms. The number of nitrogens with zero attached hydrogens (tertiary/aromatic N) is 2. The Hall–Kier alpha value is -2.77. The lowest BCUT2D eigenvalue weighted by atomic mass is 10.1. The van der Waals surface area contributed by atoms with Gasteiger partial charge in [-0.25, -0.2) is 0 Å². The molecule has 0 unspecified atom stereocenters. The molecule has 2 aromatic rings. The average Bonchev–Trinajstić information content (AvgIpc) is 3.22. The lowest BCUT2D eigenvalue weighted by Gasteiger charge is -2.29. The van der Waals surface area contributed by atoms with Crippen LogP contribution in [0.4, 0.5) is 11.4 Å². The van der Waals surface area contributed by atoms with Crippen LogP contribution in [0, 0.1) is 0 Å². The molecular formula is C22H27N3O4. The molecule has 2 heterocycles. The highest BCUT2D eigenvalue weighted by Gasteiger charge is 2.20. The van der Waals surface area contributed by atoms with Gasteiger partial charge in [0.15, 0.2) is 11.5 Å². The van der Waals surface area contributed by atoms with E-state index in [4.69, 9.17) is 14.2 Å². The predicted molar refractivity (Wildman–Crippen MR) is 112 cm³/mol. The molecule has 4 rings (SSSR count). The van der Waals surface area contributed by atoms with Crippen molar-refractivity contribution in [2.45, 2.75) is 19.5 Å². The highest BCUT2D eigenvalue weighted by Crippen LogP contribution is 2.32. The van der Waals surface area contributed by atoms with Gasteiger partial charge in [-0.15, -0.1) is 0 Å². The first-order valence-electron chi connectivity index (χ1n) is 9.92. The number of benzene rings is 2. The van der Waals surface area contributed by atoms with Gasteiger partial charge in [0.05, 0.1) is 19.3 Å². The molecule has 0 radical (unpaired) electrons. The molecule has 1 saturated heterocycles. The van der Waals surface area contributed by atoms with Gasteiger partial charge in [0, 0.05) is 31.0 Å². The average molecular weight is 397 g/mol. The van der Waals surface area contributed by atoms with Gasteiger partial charge >= 0.3 is 0 Å². The van der Waals surface area contributed by atoms with Crippen molar-refractivity contribution in [1.82, 2.24) is 4.90 Å². The van der Waals surface area contributed by atoms with Crippen LogP contribution in [0.25, 0.3) is 0 Å². The Morgan fingerprint density at radius 3 is 2.59 bits per heavy atom. The first-order chi connectivity index (χ1) is 14.1. The smallest absolute Gasteiger partial charge is 0.241 e. The van der Waals surface area contributed by atoms with E-state index >= 15 is 0 Å². The fourth-order valence-electron chi connectivity index (χ4n) is 3.49. The highest BCUT2D eigenvalue weighted by atomic mass is 16.7. The summed E-state index contributed by atoms with van der Waals surface area (Å²) in [6, 6.07) is 13.6. The molecule has 7 heteroatoms. The third-order valence-corrected chi connectivity index (χ3v) is 5.42. The summed E-state index contributed by atoms with van der Waals surface area (Å²) < 4.78 is 16.2. The molecule has 0 aliphatic carbocycles. The van der Waals surface area contributed by atoms with E-state index in [0.29, 0.717) is 6.54 Å². The van der Waals surface area contributed by atoms with E-state index in [9.17, 15) is 4.79 Å². The minimum atomic E-state index is -0.278. The van der Waals surface area contributed by atoms with Crippen LogP contribution in [-0.4, -0.2) is 57.0 Å². The van der Waals surface area contributed by atoms with Crippen molar-refractivity contribution >= 4 is 17.3 Å². The van der Waals surface area contributed by atoms with Crippen molar-refractivity contribution in [2.24, 2.45) is 0 Å². The standard InChI is InChI=1S/C22H27N3O4/c1-16(24(2)14-17-3-8-20-21(13-17)29-15-28-20)22(26)23-18-4-6-19(7-5-18)25-9-11-27-12-10-25/h3-8,13,16H,9-12,14-15H2,1-2H3,(H,23,26)/t16-/m0/s1. The van der Waals surface area contributed by atoms with Crippen molar-refractivity contribution in [2.75, 3.05) is 50.4 Å². The molecular weight excluding hydrogens is 370 g/mol. The number of nitrogens with one attached hydrogen (secondary N) is 1. The summed E-state index contributed by atoms with van der Waals surface area (Å²) >= 11 is 0.